The van der Waals surface area contributed by atoms with Gasteiger partial charge in [0, 0.05) is 12.0 Å². The van der Waals surface area contributed by atoms with E-state index in [0.717, 1.165) is 5.82 Å². The lowest BCUT2D eigenvalue weighted by molar-refractivity contribution is 0.0990. The number of hydrogen-bond acceptors (Lipinski definition) is 3. The predicted molar refractivity (Wildman–Crippen MR) is 53.0 cm³/mol. The average Bonchev–Trinajstić information content (AvgIpc) is 2.47. The Morgan fingerprint density at radius 3 is 2.21 bits per heavy atom. The topological polar surface area (TPSA) is 73.8 Å². The summed E-state index contributed by atoms with van der Waals surface area (Å²) in [6.07, 6.45) is 0. The van der Waals surface area contributed by atoms with Gasteiger partial charge in [-0.2, -0.15) is 0 Å². The second-order valence-corrected chi connectivity index (χ2v) is 3.85. The Labute approximate surface area is 83.3 Å². The van der Waals surface area contributed by atoms with Crippen LogP contribution >= 0.6 is 0 Å². The molecule has 0 aromatic carbocycles. The lowest BCUT2D eigenvalue weighted by Crippen LogP contribution is -2.14. The molecule has 78 valence electrons. The highest BCUT2D eigenvalue weighted by atomic mass is 16.1. The van der Waals surface area contributed by atoms with Crippen molar-refractivity contribution in [3.05, 3.63) is 11.6 Å². The molecule has 0 fully saturated rings. The number of rotatable bonds is 3. The maximum atomic E-state index is 10.9. The molecule has 1 heterocycles. The second kappa shape index (κ2) is 3.77. The van der Waals surface area contributed by atoms with Crippen molar-refractivity contribution in [1.29, 1.82) is 0 Å². The first-order valence-corrected chi connectivity index (χ1v) is 4.69. The van der Waals surface area contributed by atoms with Crippen LogP contribution in [0.5, 0.6) is 0 Å². The van der Waals surface area contributed by atoms with Crippen molar-refractivity contribution < 1.29 is 4.79 Å². The van der Waals surface area contributed by atoms with Gasteiger partial charge in [0.05, 0.1) is 0 Å². The van der Waals surface area contributed by atoms with Gasteiger partial charge in [-0.1, -0.05) is 13.8 Å². The van der Waals surface area contributed by atoms with E-state index in [9.17, 15) is 4.79 Å². The third-order valence-electron chi connectivity index (χ3n) is 1.88. The normalized spacial score (nSPS) is 11.3. The van der Waals surface area contributed by atoms with E-state index < -0.39 is 5.91 Å². The molecule has 0 aliphatic rings. The van der Waals surface area contributed by atoms with Crippen molar-refractivity contribution in [2.24, 2.45) is 5.73 Å². The van der Waals surface area contributed by atoms with E-state index in [4.69, 9.17) is 5.73 Å². The number of hydrogen-bond donors (Lipinski definition) is 1. The summed E-state index contributed by atoms with van der Waals surface area (Å²) in [5.74, 6) is 0.556. The SMILES string of the molecule is CC(C)c1nc(C(N)=O)nn1C(C)C. The van der Waals surface area contributed by atoms with Crippen LogP contribution in [0, 0.1) is 0 Å². The minimum atomic E-state index is -0.577. The summed E-state index contributed by atoms with van der Waals surface area (Å²) in [6, 6.07) is 0.188. The van der Waals surface area contributed by atoms with Gasteiger partial charge < -0.3 is 5.73 Å². The van der Waals surface area contributed by atoms with Gasteiger partial charge in [0.2, 0.25) is 5.82 Å². The zero-order valence-corrected chi connectivity index (χ0v) is 8.98. The Bertz CT molecular complexity index is 315. The summed E-state index contributed by atoms with van der Waals surface area (Å²) in [5.41, 5.74) is 5.12. The van der Waals surface area contributed by atoms with Crippen LogP contribution in [-0.2, 0) is 0 Å². The fourth-order valence-corrected chi connectivity index (χ4v) is 1.21. The zero-order valence-electron chi connectivity index (χ0n) is 8.98. The van der Waals surface area contributed by atoms with Crippen LogP contribution in [0.1, 0.15) is 56.1 Å². The highest BCUT2D eigenvalue weighted by Gasteiger charge is 2.17. The third-order valence-corrected chi connectivity index (χ3v) is 1.88. The molecule has 0 radical (unpaired) electrons. The van der Waals surface area contributed by atoms with Crippen LogP contribution < -0.4 is 5.73 Å². The lowest BCUT2D eigenvalue weighted by Gasteiger charge is -2.10. The standard InChI is InChI=1S/C9H16N4O/c1-5(2)9-11-8(7(10)14)12-13(9)6(3)4/h5-6H,1-4H3,(H2,10,14). The van der Waals surface area contributed by atoms with Crippen molar-refractivity contribution in [2.45, 2.75) is 39.7 Å². The monoisotopic (exact) mass is 196 g/mol. The molecule has 0 spiro atoms. The summed E-state index contributed by atoms with van der Waals surface area (Å²) in [7, 11) is 0. The van der Waals surface area contributed by atoms with Crippen molar-refractivity contribution >= 4 is 5.91 Å². The minimum Gasteiger partial charge on any atom is -0.363 e. The molecule has 0 atom stereocenters. The minimum absolute atomic E-state index is 0.0994. The molecule has 1 aromatic heterocycles. The first kappa shape index (κ1) is 10.7. The summed E-state index contributed by atoms with van der Waals surface area (Å²) >= 11 is 0. The van der Waals surface area contributed by atoms with E-state index in [1.807, 2.05) is 27.7 Å². The highest BCUT2D eigenvalue weighted by molar-refractivity contribution is 5.88. The Morgan fingerprint density at radius 2 is 1.93 bits per heavy atom. The van der Waals surface area contributed by atoms with Crippen molar-refractivity contribution in [1.82, 2.24) is 14.8 Å². The quantitative estimate of drug-likeness (QED) is 0.786. The zero-order chi connectivity index (χ0) is 10.9. The smallest absolute Gasteiger partial charge is 0.288 e. The molecule has 1 amide bonds. The number of aromatic nitrogens is 3. The Balaban J connectivity index is 3.19. The molecule has 0 bridgehead atoms. The number of nitrogens with zero attached hydrogens (tertiary/aromatic N) is 3. The number of primary amides is 1. The Hall–Kier alpha value is -1.39. The van der Waals surface area contributed by atoms with Crippen molar-refractivity contribution in [3.63, 3.8) is 0 Å². The number of carbonyl (C=O) groups is 1. The molecule has 0 aliphatic carbocycles. The molecule has 1 aromatic rings. The maximum Gasteiger partial charge on any atom is 0.288 e. The van der Waals surface area contributed by atoms with E-state index in [1.54, 1.807) is 4.68 Å². The van der Waals surface area contributed by atoms with Gasteiger partial charge in [-0.15, -0.1) is 5.10 Å². The van der Waals surface area contributed by atoms with Gasteiger partial charge in [0.1, 0.15) is 5.82 Å². The van der Waals surface area contributed by atoms with Crippen molar-refractivity contribution in [2.75, 3.05) is 0 Å². The summed E-state index contributed by atoms with van der Waals surface area (Å²) in [4.78, 5) is 15.0. The molecule has 0 aliphatic heterocycles. The van der Waals surface area contributed by atoms with Gasteiger partial charge in [0.15, 0.2) is 0 Å². The fourth-order valence-electron chi connectivity index (χ4n) is 1.21. The van der Waals surface area contributed by atoms with Gasteiger partial charge in [-0.3, -0.25) is 4.79 Å². The first-order valence-electron chi connectivity index (χ1n) is 4.69. The van der Waals surface area contributed by atoms with Gasteiger partial charge in [-0.25, -0.2) is 9.67 Å². The van der Waals surface area contributed by atoms with E-state index in [1.165, 1.54) is 0 Å². The van der Waals surface area contributed by atoms with Crippen LogP contribution in [-0.4, -0.2) is 20.7 Å². The van der Waals surface area contributed by atoms with E-state index in [-0.39, 0.29) is 17.8 Å². The third kappa shape index (κ3) is 1.92. The fraction of sp³-hybridized carbons (Fsp3) is 0.667. The van der Waals surface area contributed by atoms with Crippen LogP contribution in [0.3, 0.4) is 0 Å². The largest absolute Gasteiger partial charge is 0.363 e. The van der Waals surface area contributed by atoms with Crippen LogP contribution in [0.15, 0.2) is 0 Å². The molecular weight excluding hydrogens is 180 g/mol. The molecule has 2 N–H and O–H groups in total. The van der Waals surface area contributed by atoms with Crippen LogP contribution in [0.2, 0.25) is 0 Å². The molecular formula is C9H16N4O. The maximum absolute atomic E-state index is 10.9. The van der Waals surface area contributed by atoms with Gasteiger partial charge >= 0.3 is 0 Å². The summed E-state index contributed by atoms with van der Waals surface area (Å²) in [5, 5.41) is 4.06. The summed E-state index contributed by atoms with van der Waals surface area (Å²) in [6.45, 7) is 8.00. The molecule has 1 rings (SSSR count). The lowest BCUT2D eigenvalue weighted by atomic mass is 10.2. The predicted octanol–water partition coefficient (Wildman–Crippen LogP) is 1.08. The first-order chi connectivity index (χ1) is 6.43. The van der Waals surface area contributed by atoms with Crippen LogP contribution in [0.4, 0.5) is 0 Å². The molecule has 0 unspecified atom stereocenters. The van der Waals surface area contributed by atoms with E-state index in [2.05, 4.69) is 10.1 Å². The number of amides is 1. The van der Waals surface area contributed by atoms with Gasteiger partial charge in [-0.05, 0) is 13.8 Å². The summed E-state index contributed by atoms with van der Waals surface area (Å²) < 4.78 is 1.74. The molecule has 14 heavy (non-hydrogen) atoms. The average molecular weight is 196 g/mol. The molecule has 5 heteroatoms. The van der Waals surface area contributed by atoms with E-state index >= 15 is 0 Å². The Kier molecular flexibility index (Phi) is 2.88. The number of nitrogens with two attached hydrogens (primary N) is 1. The van der Waals surface area contributed by atoms with Gasteiger partial charge in [0.25, 0.3) is 5.91 Å². The molecule has 0 saturated heterocycles. The molecule has 0 saturated carbocycles. The number of carbonyl (C=O) groups excluding carboxylic acids is 1. The van der Waals surface area contributed by atoms with Crippen LogP contribution in [0.25, 0.3) is 0 Å². The highest BCUT2D eigenvalue weighted by Crippen LogP contribution is 2.16. The second-order valence-electron chi connectivity index (χ2n) is 3.85. The Morgan fingerprint density at radius 1 is 1.36 bits per heavy atom. The molecule has 5 nitrogen and oxygen atoms in total. The van der Waals surface area contributed by atoms with E-state index in [0.29, 0.717) is 0 Å². The van der Waals surface area contributed by atoms with Crippen molar-refractivity contribution in [3.8, 4) is 0 Å².